The Balaban J connectivity index is 1.83. The van der Waals surface area contributed by atoms with Crippen molar-refractivity contribution in [2.75, 3.05) is 40.4 Å². The highest BCUT2D eigenvalue weighted by Gasteiger charge is 2.07. The molecule has 0 saturated heterocycles. The van der Waals surface area contributed by atoms with Crippen LogP contribution in [0, 0.1) is 6.92 Å². The zero-order chi connectivity index (χ0) is 14.4. The lowest BCUT2D eigenvalue weighted by Gasteiger charge is -2.16. The molecule has 110 valence electrons. The fourth-order valence-electron chi connectivity index (χ4n) is 2.21. The molecular formula is C15H24N4O. The van der Waals surface area contributed by atoms with Crippen LogP contribution in [0.4, 0.5) is 0 Å². The van der Waals surface area contributed by atoms with Crippen molar-refractivity contribution >= 4 is 5.65 Å². The van der Waals surface area contributed by atoms with Gasteiger partial charge in [-0.1, -0.05) is 6.07 Å². The Kier molecular flexibility index (Phi) is 5.52. The summed E-state index contributed by atoms with van der Waals surface area (Å²) in [5.74, 6) is 0. The number of nitrogens with zero attached hydrogens (tertiary/aromatic N) is 3. The molecule has 0 atom stereocenters. The molecule has 0 spiro atoms. The Morgan fingerprint density at radius 3 is 3.00 bits per heavy atom. The van der Waals surface area contributed by atoms with Crippen molar-refractivity contribution < 1.29 is 4.74 Å². The minimum atomic E-state index is 0.781. The largest absolute Gasteiger partial charge is 0.383 e. The average Bonchev–Trinajstić information content (AvgIpc) is 2.77. The summed E-state index contributed by atoms with van der Waals surface area (Å²) < 4.78 is 7.22. The van der Waals surface area contributed by atoms with Gasteiger partial charge in [-0.2, -0.15) is 0 Å². The van der Waals surface area contributed by atoms with E-state index in [2.05, 4.69) is 39.8 Å². The van der Waals surface area contributed by atoms with Crippen LogP contribution in [0.5, 0.6) is 0 Å². The first-order chi connectivity index (χ1) is 9.72. The first-order valence-electron chi connectivity index (χ1n) is 7.03. The Hall–Kier alpha value is -1.43. The number of pyridine rings is 1. The molecule has 0 aliphatic heterocycles. The number of fused-ring (bicyclic) bond motifs is 1. The summed E-state index contributed by atoms with van der Waals surface area (Å²) in [5.41, 5.74) is 3.34. The molecule has 2 heterocycles. The van der Waals surface area contributed by atoms with E-state index in [4.69, 9.17) is 4.74 Å². The number of ether oxygens (including phenoxy) is 1. The van der Waals surface area contributed by atoms with E-state index in [9.17, 15) is 0 Å². The molecule has 5 nitrogen and oxygen atoms in total. The lowest BCUT2D eigenvalue weighted by Crippen LogP contribution is -2.31. The van der Waals surface area contributed by atoms with Crippen LogP contribution in [-0.4, -0.2) is 54.7 Å². The lowest BCUT2D eigenvalue weighted by atomic mass is 10.3. The summed E-state index contributed by atoms with van der Waals surface area (Å²) in [6.45, 7) is 6.62. The quantitative estimate of drug-likeness (QED) is 0.738. The number of likely N-dealkylation sites (N-methyl/N-ethyl adjacent to an activating group) is 1. The van der Waals surface area contributed by atoms with Crippen molar-refractivity contribution in [3.63, 3.8) is 0 Å². The van der Waals surface area contributed by atoms with Crippen LogP contribution in [0.1, 0.15) is 11.4 Å². The van der Waals surface area contributed by atoms with E-state index >= 15 is 0 Å². The Morgan fingerprint density at radius 2 is 2.20 bits per heavy atom. The van der Waals surface area contributed by atoms with Crippen LogP contribution in [0.25, 0.3) is 5.65 Å². The van der Waals surface area contributed by atoms with Crippen molar-refractivity contribution in [3.8, 4) is 0 Å². The predicted molar refractivity (Wildman–Crippen MR) is 81.0 cm³/mol. The number of methoxy groups -OCH3 is 1. The van der Waals surface area contributed by atoms with Gasteiger partial charge in [0.1, 0.15) is 5.65 Å². The second kappa shape index (κ2) is 7.38. The molecule has 0 fully saturated rings. The maximum absolute atomic E-state index is 5.07. The molecule has 20 heavy (non-hydrogen) atoms. The molecule has 1 N–H and O–H groups in total. The fraction of sp³-hybridized carbons (Fsp3) is 0.533. The summed E-state index contributed by atoms with van der Waals surface area (Å²) in [6.07, 6.45) is 2.07. The number of imidazole rings is 1. The highest BCUT2D eigenvalue weighted by Crippen LogP contribution is 2.11. The van der Waals surface area contributed by atoms with Crippen LogP contribution in [0.15, 0.2) is 24.4 Å². The molecule has 2 aromatic heterocycles. The molecule has 2 aromatic rings. The van der Waals surface area contributed by atoms with Gasteiger partial charge in [-0.25, -0.2) is 4.98 Å². The van der Waals surface area contributed by atoms with Gasteiger partial charge < -0.3 is 19.4 Å². The van der Waals surface area contributed by atoms with E-state index in [0.717, 1.165) is 44.1 Å². The highest BCUT2D eigenvalue weighted by molar-refractivity contribution is 5.42. The van der Waals surface area contributed by atoms with E-state index in [1.54, 1.807) is 7.11 Å². The molecule has 2 rings (SSSR count). The standard InChI is InChI=1S/C15H24N4O/c1-13-14(19-8-5-4-6-15(19)17-13)12-16-7-9-18(2)10-11-20-3/h4-6,8,16H,7,9-12H2,1-3H3. The van der Waals surface area contributed by atoms with Gasteiger partial charge in [-0.3, -0.25) is 0 Å². The Morgan fingerprint density at radius 1 is 1.35 bits per heavy atom. The van der Waals surface area contributed by atoms with E-state index in [0.29, 0.717) is 0 Å². The maximum atomic E-state index is 5.07. The van der Waals surface area contributed by atoms with Gasteiger partial charge in [-0.15, -0.1) is 0 Å². The van der Waals surface area contributed by atoms with Crippen molar-refractivity contribution in [1.29, 1.82) is 0 Å². The van der Waals surface area contributed by atoms with Gasteiger partial charge in [0.25, 0.3) is 0 Å². The number of rotatable bonds is 8. The Labute approximate surface area is 120 Å². The summed E-state index contributed by atoms with van der Waals surface area (Å²) in [7, 11) is 3.85. The molecule has 0 radical (unpaired) electrons. The summed E-state index contributed by atoms with van der Waals surface area (Å²) in [5, 5.41) is 3.48. The van der Waals surface area contributed by atoms with Crippen molar-refractivity contribution in [3.05, 3.63) is 35.8 Å². The highest BCUT2D eigenvalue weighted by atomic mass is 16.5. The van der Waals surface area contributed by atoms with Gasteiger partial charge in [-0.05, 0) is 26.1 Å². The van der Waals surface area contributed by atoms with E-state index in [1.165, 1.54) is 5.69 Å². The third-order valence-corrected chi connectivity index (χ3v) is 3.47. The zero-order valence-corrected chi connectivity index (χ0v) is 12.6. The predicted octanol–water partition coefficient (Wildman–Crippen LogP) is 1.31. The van der Waals surface area contributed by atoms with Crippen molar-refractivity contribution in [2.45, 2.75) is 13.5 Å². The minimum absolute atomic E-state index is 0.781. The monoisotopic (exact) mass is 276 g/mol. The topological polar surface area (TPSA) is 41.8 Å². The first-order valence-corrected chi connectivity index (χ1v) is 7.03. The Bertz CT molecular complexity index is 538. The molecule has 0 saturated carbocycles. The third kappa shape index (κ3) is 3.79. The van der Waals surface area contributed by atoms with Crippen molar-refractivity contribution in [1.82, 2.24) is 19.6 Å². The molecule has 0 aromatic carbocycles. The number of aromatic nitrogens is 2. The van der Waals surface area contributed by atoms with Gasteiger partial charge in [0.05, 0.1) is 18.0 Å². The summed E-state index contributed by atoms with van der Waals surface area (Å²) in [4.78, 5) is 6.83. The van der Waals surface area contributed by atoms with Gasteiger partial charge in [0.15, 0.2) is 0 Å². The molecule has 0 aliphatic rings. The van der Waals surface area contributed by atoms with Crippen molar-refractivity contribution in [2.24, 2.45) is 0 Å². The molecule has 0 bridgehead atoms. The molecule has 0 amide bonds. The van der Waals surface area contributed by atoms with Crippen LogP contribution in [0.2, 0.25) is 0 Å². The normalized spacial score (nSPS) is 11.6. The molecule has 5 heteroatoms. The van der Waals surface area contributed by atoms with Crippen LogP contribution in [-0.2, 0) is 11.3 Å². The zero-order valence-electron chi connectivity index (χ0n) is 12.6. The van der Waals surface area contributed by atoms with E-state index in [1.807, 2.05) is 18.2 Å². The van der Waals surface area contributed by atoms with Gasteiger partial charge in [0, 0.05) is 39.5 Å². The number of aryl methyl sites for hydroxylation is 1. The first kappa shape index (κ1) is 15.0. The smallest absolute Gasteiger partial charge is 0.137 e. The molecular weight excluding hydrogens is 252 g/mol. The number of hydrogen-bond donors (Lipinski definition) is 1. The molecule has 0 unspecified atom stereocenters. The van der Waals surface area contributed by atoms with Gasteiger partial charge >= 0.3 is 0 Å². The fourth-order valence-corrected chi connectivity index (χ4v) is 2.21. The summed E-state index contributed by atoms with van der Waals surface area (Å²) in [6, 6.07) is 6.09. The second-order valence-corrected chi connectivity index (χ2v) is 5.05. The van der Waals surface area contributed by atoms with Crippen LogP contribution >= 0.6 is 0 Å². The van der Waals surface area contributed by atoms with Gasteiger partial charge in [0.2, 0.25) is 0 Å². The van der Waals surface area contributed by atoms with Crippen LogP contribution in [0.3, 0.4) is 0 Å². The maximum Gasteiger partial charge on any atom is 0.137 e. The average molecular weight is 276 g/mol. The van der Waals surface area contributed by atoms with Crippen LogP contribution < -0.4 is 5.32 Å². The third-order valence-electron chi connectivity index (χ3n) is 3.47. The lowest BCUT2D eigenvalue weighted by molar-refractivity contribution is 0.161. The van der Waals surface area contributed by atoms with E-state index in [-0.39, 0.29) is 0 Å². The SMILES string of the molecule is COCCN(C)CCNCc1c(C)nc2ccccn12. The number of hydrogen-bond acceptors (Lipinski definition) is 4. The second-order valence-electron chi connectivity index (χ2n) is 5.05. The molecule has 0 aliphatic carbocycles. The summed E-state index contributed by atoms with van der Waals surface area (Å²) >= 11 is 0. The number of nitrogens with one attached hydrogen (secondary N) is 1. The minimum Gasteiger partial charge on any atom is -0.383 e. The van der Waals surface area contributed by atoms with E-state index < -0.39 is 0 Å².